The van der Waals surface area contributed by atoms with Gasteiger partial charge < -0.3 is 29.8 Å². The third-order valence-electron chi connectivity index (χ3n) is 6.38. The summed E-state index contributed by atoms with van der Waals surface area (Å²) < 4.78 is 18.2. The summed E-state index contributed by atoms with van der Waals surface area (Å²) in [6, 6.07) is 17.0. The number of aromatic nitrogens is 4. The van der Waals surface area contributed by atoms with Gasteiger partial charge in [-0.1, -0.05) is 12.1 Å². The fraction of sp³-hybridized carbons (Fsp3) is 0.172. The lowest BCUT2D eigenvalue weighted by Gasteiger charge is -2.15. The molecule has 3 aromatic heterocycles. The molecular formula is C29H27N7O4. The van der Waals surface area contributed by atoms with Gasteiger partial charge in [-0.05, 0) is 48.9 Å². The van der Waals surface area contributed by atoms with Crippen LogP contribution in [0.25, 0.3) is 16.9 Å². The number of hydrogen-bond acceptors (Lipinski definition) is 8. The number of hydrogen-bond donors (Lipinski definition) is 3. The van der Waals surface area contributed by atoms with E-state index in [4.69, 9.17) is 14.2 Å². The number of amides is 1. The van der Waals surface area contributed by atoms with Crippen LogP contribution in [-0.4, -0.2) is 46.8 Å². The van der Waals surface area contributed by atoms with Gasteiger partial charge in [0.05, 0.1) is 38.8 Å². The van der Waals surface area contributed by atoms with E-state index < -0.39 is 0 Å². The number of nitriles is 1. The van der Waals surface area contributed by atoms with Crippen LogP contribution in [0.5, 0.6) is 17.2 Å². The highest BCUT2D eigenvalue weighted by molar-refractivity contribution is 5.93. The summed E-state index contributed by atoms with van der Waals surface area (Å²) in [4.78, 5) is 19.9. The Kier molecular flexibility index (Phi) is 7.24. The predicted molar refractivity (Wildman–Crippen MR) is 149 cm³/mol. The molecule has 40 heavy (non-hydrogen) atoms. The molecular weight excluding hydrogens is 510 g/mol. The average molecular weight is 538 g/mol. The minimum atomic E-state index is -0.189. The lowest BCUT2D eigenvalue weighted by molar-refractivity contribution is 0.0950. The summed E-state index contributed by atoms with van der Waals surface area (Å²) in [7, 11) is 4.65. The van der Waals surface area contributed by atoms with E-state index in [0.29, 0.717) is 52.1 Å². The minimum absolute atomic E-state index is 0.189. The van der Waals surface area contributed by atoms with E-state index in [1.807, 2.05) is 43.3 Å². The zero-order chi connectivity index (χ0) is 28.2. The number of pyridine rings is 1. The molecule has 0 aliphatic carbocycles. The summed E-state index contributed by atoms with van der Waals surface area (Å²) in [5, 5.41) is 20.3. The van der Waals surface area contributed by atoms with Crippen LogP contribution in [0, 0.1) is 18.3 Å². The molecule has 0 saturated heterocycles. The Labute approximate surface area is 230 Å². The SMILES string of the molecule is COc1cc(-c2[nH]c3c(C#N)cnn3c2Nc2ccc(CNC(=O)c3ccc(C)nc3)cc2)cc(OC)c1OC. The molecule has 2 aromatic carbocycles. The van der Waals surface area contributed by atoms with Gasteiger partial charge >= 0.3 is 0 Å². The normalized spacial score (nSPS) is 10.7. The van der Waals surface area contributed by atoms with Crippen LogP contribution in [0.15, 0.2) is 60.9 Å². The predicted octanol–water partition coefficient (Wildman–Crippen LogP) is 4.60. The lowest BCUT2D eigenvalue weighted by atomic mass is 10.1. The monoisotopic (exact) mass is 537 g/mol. The highest BCUT2D eigenvalue weighted by atomic mass is 16.5. The number of aromatic amines is 1. The molecule has 0 aliphatic rings. The molecule has 0 saturated carbocycles. The number of H-pyrrole nitrogens is 1. The number of benzene rings is 2. The van der Waals surface area contributed by atoms with Crippen LogP contribution in [0.1, 0.15) is 27.2 Å². The first-order valence-corrected chi connectivity index (χ1v) is 12.3. The van der Waals surface area contributed by atoms with Crippen LogP contribution in [0.4, 0.5) is 11.5 Å². The van der Waals surface area contributed by atoms with Gasteiger partial charge in [-0.25, -0.2) is 0 Å². The molecule has 0 aliphatic heterocycles. The van der Waals surface area contributed by atoms with Crippen LogP contribution in [0.3, 0.4) is 0 Å². The molecule has 0 unspecified atom stereocenters. The molecule has 5 aromatic rings. The van der Waals surface area contributed by atoms with E-state index in [0.717, 1.165) is 22.5 Å². The molecule has 3 N–H and O–H groups in total. The first-order chi connectivity index (χ1) is 19.4. The molecule has 1 amide bonds. The Morgan fingerprint density at radius 3 is 2.35 bits per heavy atom. The Hall–Kier alpha value is -5.50. The van der Waals surface area contributed by atoms with Crippen molar-refractivity contribution in [3.63, 3.8) is 0 Å². The molecule has 3 heterocycles. The fourth-order valence-electron chi connectivity index (χ4n) is 4.28. The Morgan fingerprint density at radius 1 is 1.02 bits per heavy atom. The molecule has 11 heteroatoms. The van der Waals surface area contributed by atoms with E-state index in [2.05, 4.69) is 31.8 Å². The first-order valence-electron chi connectivity index (χ1n) is 12.3. The van der Waals surface area contributed by atoms with Gasteiger partial charge in [-0.15, -0.1) is 0 Å². The zero-order valence-electron chi connectivity index (χ0n) is 22.4. The number of carbonyl (C=O) groups is 1. The maximum atomic E-state index is 12.4. The topological polar surface area (TPSA) is 139 Å². The van der Waals surface area contributed by atoms with Gasteiger partial charge in [0.2, 0.25) is 5.75 Å². The van der Waals surface area contributed by atoms with Crippen LogP contribution in [-0.2, 0) is 6.54 Å². The summed E-state index contributed by atoms with van der Waals surface area (Å²) in [5.74, 6) is 1.87. The van der Waals surface area contributed by atoms with Crippen molar-refractivity contribution in [3.8, 4) is 34.6 Å². The van der Waals surface area contributed by atoms with Crippen molar-refractivity contribution in [1.29, 1.82) is 5.26 Å². The standard InChI is InChI=1S/C29H27N7O4/c1-17-5-8-19(15-31-17)29(37)32-14-18-6-9-22(10-7-18)34-28-25(35-27-21(13-30)16-33-36(27)28)20-11-23(38-2)26(40-4)24(12-20)39-3/h5-12,15-16,34-35H,14H2,1-4H3,(H,32,37). The minimum Gasteiger partial charge on any atom is -0.493 e. The van der Waals surface area contributed by atoms with Crippen molar-refractivity contribution >= 4 is 23.1 Å². The maximum absolute atomic E-state index is 12.4. The van der Waals surface area contributed by atoms with E-state index in [9.17, 15) is 10.1 Å². The number of nitrogens with zero attached hydrogens (tertiary/aromatic N) is 4. The van der Waals surface area contributed by atoms with Crippen molar-refractivity contribution < 1.29 is 19.0 Å². The molecule has 0 bridgehead atoms. The number of anilines is 2. The largest absolute Gasteiger partial charge is 0.493 e. The molecule has 0 radical (unpaired) electrons. The van der Waals surface area contributed by atoms with E-state index >= 15 is 0 Å². The van der Waals surface area contributed by atoms with Gasteiger partial charge in [-0.2, -0.15) is 14.9 Å². The highest BCUT2D eigenvalue weighted by Crippen LogP contribution is 2.43. The van der Waals surface area contributed by atoms with Crippen molar-refractivity contribution in [1.82, 2.24) is 24.9 Å². The summed E-state index contributed by atoms with van der Waals surface area (Å²) in [5.41, 5.74) is 5.41. The number of methoxy groups -OCH3 is 3. The molecule has 202 valence electrons. The van der Waals surface area contributed by atoms with Gasteiger partial charge in [0.15, 0.2) is 23.0 Å². The molecule has 0 spiro atoms. The van der Waals surface area contributed by atoms with E-state index in [-0.39, 0.29) is 5.91 Å². The van der Waals surface area contributed by atoms with E-state index in [1.165, 1.54) is 6.20 Å². The number of rotatable bonds is 9. The number of nitrogens with one attached hydrogen (secondary N) is 3. The van der Waals surface area contributed by atoms with Crippen molar-refractivity contribution in [3.05, 3.63) is 83.3 Å². The molecule has 0 atom stereocenters. The van der Waals surface area contributed by atoms with Crippen LogP contribution >= 0.6 is 0 Å². The lowest BCUT2D eigenvalue weighted by Crippen LogP contribution is -2.22. The van der Waals surface area contributed by atoms with Gasteiger partial charge in [0.1, 0.15) is 11.6 Å². The quantitative estimate of drug-likeness (QED) is 0.248. The maximum Gasteiger partial charge on any atom is 0.253 e. The third-order valence-corrected chi connectivity index (χ3v) is 6.38. The number of carbonyl (C=O) groups excluding carboxylic acids is 1. The molecule has 11 nitrogen and oxygen atoms in total. The van der Waals surface area contributed by atoms with Crippen LogP contribution < -0.4 is 24.8 Å². The second-order valence-corrected chi connectivity index (χ2v) is 8.89. The van der Waals surface area contributed by atoms with Gasteiger partial charge in [0.25, 0.3) is 5.91 Å². The number of imidazole rings is 1. The zero-order valence-corrected chi connectivity index (χ0v) is 22.4. The van der Waals surface area contributed by atoms with E-state index in [1.54, 1.807) is 44.2 Å². The van der Waals surface area contributed by atoms with Crippen molar-refractivity contribution in [2.24, 2.45) is 0 Å². The van der Waals surface area contributed by atoms with Crippen molar-refractivity contribution in [2.75, 3.05) is 26.6 Å². The van der Waals surface area contributed by atoms with Crippen molar-refractivity contribution in [2.45, 2.75) is 13.5 Å². The summed E-state index contributed by atoms with van der Waals surface area (Å²) >= 11 is 0. The smallest absolute Gasteiger partial charge is 0.253 e. The second-order valence-electron chi connectivity index (χ2n) is 8.89. The Morgan fingerprint density at radius 2 is 1.75 bits per heavy atom. The Bertz CT molecular complexity index is 1690. The third kappa shape index (κ3) is 4.98. The molecule has 0 fully saturated rings. The second kappa shape index (κ2) is 11.1. The van der Waals surface area contributed by atoms with Gasteiger partial charge in [-0.3, -0.25) is 9.78 Å². The van der Waals surface area contributed by atoms with Gasteiger partial charge in [0, 0.05) is 29.7 Å². The fourth-order valence-corrected chi connectivity index (χ4v) is 4.28. The summed E-state index contributed by atoms with van der Waals surface area (Å²) in [6.45, 7) is 2.24. The Balaban J connectivity index is 1.43. The van der Waals surface area contributed by atoms with Crippen LogP contribution in [0.2, 0.25) is 0 Å². The highest BCUT2D eigenvalue weighted by Gasteiger charge is 2.21. The summed E-state index contributed by atoms with van der Waals surface area (Å²) in [6.07, 6.45) is 3.07. The number of ether oxygens (including phenoxy) is 3. The number of fused-ring (bicyclic) bond motifs is 1. The first kappa shape index (κ1) is 26.1. The average Bonchev–Trinajstić information content (AvgIpc) is 3.55. The molecule has 5 rings (SSSR count). The number of aryl methyl sites for hydroxylation is 1.